The Morgan fingerprint density at radius 1 is 0.536 bits per heavy atom. The molecule has 13 heteroatoms. The number of aryl methyl sites for hydroxylation is 3. The van der Waals surface area contributed by atoms with Crippen LogP contribution in [0, 0.1) is 20.8 Å². The largest absolute Gasteiger partial charge is 0.497 e. The van der Waals surface area contributed by atoms with Crippen molar-refractivity contribution in [2.45, 2.75) is 113 Å². The van der Waals surface area contributed by atoms with E-state index < -0.39 is 0 Å². The molecule has 0 fully saturated rings. The maximum absolute atomic E-state index is 5.80. The van der Waals surface area contributed by atoms with Gasteiger partial charge in [-0.15, -0.1) is 0 Å². The minimum atomic E-state index is 0. The van der Waals surface area contributed by atoms with Crippen molar-refractivity contribution < 1.29 is 25.9 Å². The lowest BCUT2D eigenvalue weighted by atomic mass is 9.97. The molecule has 0 aliphatic rings. The quantitative estimate of drug-likeness (QED) is 0.0942. The van der Waals surface area contributed by atoms with Crippen LogP contribution in [0.2, 0.25) is 0 Å². The zero-order valence-electron chi connectivity index (χ0n) is 50.2. The zero-order valence-corrected chi connectivity index (χ0v) is 51.7. The molecule has 9 aromatic rings. The maximum Gasteiger partial charge on any atom is 0.212 e. The van der Waals surface area contributed by atoms with Crippen LogP contribution >= 0.6 is 15.9 Å². The number of ether oxygens (including phenoxy) is 2. The number of halogens is 1. The Kier molecular flexibility index (Phi) is 40.7. The Morgan fingerprint density at radius 3 is 1.49 bits per heavy atom. The summed E-state index contributed by atoms with van der Waals surface area (Å²) in [4.78, 5) is 18.8. The van der Waals surface area contributed by atoms with Gasteiger partial charge in [0.1, 0.15) is 5.75 Å². The number of hydrogen-bond donors (Lipinski definition) is 2. The van der Waals surface area contributed by atoms with Gasteiger partial charge in [-0.3, -0.25) is 19.9 Å². The molecular formula is C71H94BrN7O5. The molecule has 9 rings (SSSR count). The monoisotopic (exact) mass is 1200 g/mol. The van der Waals surface area contributed by atoms with Gasteiger partial charge in [-0.05, 0) is 152 Å². The van der Waals surface area contributed by atoms with Crippen LogP contribution < -0.4 is 20.5 Å². The van der Waals surface area contributed by atoms with Crippen LogP contribution in [-0.2, 0) is 13.1 Å². The highest BCUT2D eigenvalue weighted by Crippen LogP contribution is 2.35. The van der Waals surface area contributed by atoms with E-state index in [1.807, 2.05) is 107 Å². The van der Waals surface area contributed by atoms with E-state index in [0.29, 0.717) is 24.0 Å². The zero-order chi connectivity index (χ0) is 57.7. The summed E-state index contributed by atoms with van der Waals surface area (Å²) in [6.07, 6.45) is 13.2. The van der Waals surface area contributed by atoms with Crippen molar-refractivity contribution in [3.63, 3.8) is 0 Å². The Morgan fingerprint density at radius 2 is 1.06 bits per heavy atom. The van der Waals surface area contributed by atoms with E-state index in [9.17, 15) is 0 Å². The topological polar surface area (TPSA) is 206 Å². The fourth-order valence-corrected chi connectivity index (χ4v) is 8.32. The number of hydrogen-bond acceptors (Lipinski definition) is 9. The molecule has 12 nitrogen and oxygen atoms in total. The highest BCUT2D eigenvalue weighted by atomic mass is 79.9. The molecule has 0 amide bonds. The lowest BCUT2D eigenvalue weighted by Gasteiger charge is -2.37. The van der Waals surface area contributed by atoms with Gasteiger partial charge in [0.15, 0.2) is 0 Å². The van der Waals surface area contributed by atoms with E-state index in [2.05, 4.69) is 213 Å². The van der Waals surface area contributed by atoms with Gasteiger partial charge in [-0.1, -0.05) is 185 Å². The fraction of sp³-hybridized carbons (Fsp3) is 0.268. The number of methoxy groups -OCH3 is 2. The molecule has 0 bridgehead atoms. The first-order valence-corrected chi connectivity index (χ1v) is 28.2. The average Bonchev–Trinajstić information content (AvgIpc) is 3.53. The maximum atomic E-state index is 5.80. The van der Waals surface area contributed by atoms with Crippen molar-refractivity contribution in [2.75, 3.05) is 14.2 Å². The van der Waals surface area contributed by atoms with Crippen molar-refractivity contribution in [2.24, 2.45) is 5.73 Å². The third kappa shape index (κ3) is 29.5. The molecule has 4 atom stereocenters. The summed E-state index contributed by atoms with van der Waals surface area (Å²) in [5, 5.41) is 3.52. The first kappa shape index (κ1) is 76.3. The minimum Gasteiger partial charge on any atom is -0.497 e. The van der Waals surface area contributed by atoms with Crippen LogP contribution in [-0.4, -0.2) is 55.5 Å². The van der Waals surface area contributed by atoms with Crippen molar-refractivity contribution in [3.05, 3.63) is 292 Å². The predicted octanol–water partition coefficient (Wildman–Crippen LogP) is 15.6. The van der Waals surface area contributed by atoms with E-state index >= 15 is 0 Å². The predicted molar refractivity (Wildman–Crippen MR) is 356 cm³/mol. The van der Waals surface area contributed by atoms with Crippen molar-refractivity contribution in [1.29, 1.82) is 0 Å². The second-order valence-corrected chi connectivity index (χ2v) is 19.8. The number of rotatable bonds is 16. The van der Waals surface area contributed by atoms with Gasteiger partial charge in [0, 0.05) is 89.7 Å². The van der Waals surface area contributed by atoms with Crippen LogP contribution in [0.4, 0.5) is 0 Å². The van der Waals surface area contributed by atoms with Crippen LogP contribution in [0.5, 0.6) is 11.6 Å². The molecule has 0 aliphatic heterocycles. The van der Waals surface area contributed by atoms with Gasteiger partial charge in [-0.2, -0.15) is 0 Å². The van der Waals surface area contributed by atoms with Gasteiger partial charge in [0.05, 0.1) is 14.2 Å². The molecule has 0 aliphatic carbocycles. The summed E-state index contributed by atoms with van der Waals surface area (Å²) in [5.41, 5.74) is 17.9. The Hall–Kier alpha value is -7.72. The Bertz CT molecular complexity index is 2970. The number of allylic oxidation sites excluding steroid dienone is 1. The molecule has 450 valence electrons. The first-order chi connectivity index (χ1) is 38.9. The second-order valence-electron chi connectivity index (χ2n) is 18.9. The molecular weight excluding hydrogens is 1110 g/mol. The first-order valence-electron chi connectivity index (χ1n) is 27.4. The SMILES string of the molecule is C.C/C=C/c1ccc(C)nc1.CC(NCc1ccccc1)c1ccccc1.CC[C@@H](c1ccc(OC)cc1)N(Cc1ccccc1)C(C)c1ccccc1.CC[C@H](N)c1ccc(OC)nc1.Cc1ccc(Br)cn1.Cc1ccccn1.O.O.O. The van der Waals surface area contributed by atoms with Crippen LogP contribution in [0.25, 0.3) is 6.08 Å². The lowest BCUT2D eigenvalue weighted by molar-refractivity contribution is 0.129. The molecule has 0 spiro atoms. The fourth-order valence-electron chi connectivity index (χ4n) is 8.08. The second kappa shape index (κ2) is 44.8. The van der Waals surface area contributed by atoms with E-state index in [0.717, 1.165) is 64.4 Å². The lowest BCUT2D eigenvalue weighted by Crippen LogP contribution is -2.31. The molecule has 2 unspecified atom stereocenters. The number of aromatic nitrogens is 4. The number of nitrogens with two attached hydrogens (primary N) is 1. The third-order valence-corrected chi connectivity index (χ3v) is 13.3. The minimum absolute atomic E-state index is 0. The van der Waals surface area contributed by atoms with E-state index in [4.69, 9.17) is 15.2 Å². The van der Waals surface area contributed by atoms with Crippen LogP contribution in [0.3, 0.4) is 0 Å². The molecule has 0 saturated heterocycles. The molecule has 0 radical (unpaired) electrons. The summed E-state index contributed by atoms with van der Waals surface area (Å²) in [6, 6.07) is 69.8. The van der Waals surface area contributed by atoms with Crippen molar-refractivity contribution in [1.82, 2.24) is 30.2 Å². The molecule has 0 saturated carbocycles. The number of nitrogens with zero attached hydrogens (tertiary/aromatic N) is 5. The number of pyridine rings is 4. The third-order valence-electron chi connectivity index (χ3n) is 12.8. The molecule has 5 aromatic carbocycles. The molecule has 84 heavy (non-hydrogen) atoms. The summed E-state index contributed by atoms with van der Waals surface area (Å²) in [6.45, 7) is 18.6. The van der Waals surface area contributed by atoms with Gasteiger partial charge in [0.25, 0.3) is 0 Å². The standard InChI is InChI=1S/C25H29NO.C15H17N.C9H14N2O.C9H11N.C6H6BrN.C6H7N.CH4.3H2O/c1-4-25(23-15-17-24(27-3)18-16-23)26(19-21-11-7-5-8-12-21)20(2)22-13-9-6-10-14-22;1-13(15-10-6-3-7-11-15)16-12-14-8-4-2-5-9-14;1-3-8(10)7-4-5-9(12-2)11-6-7;1-3-4-9-6-5-8(2)10-7-9;1-5-2-3-6(7)4-8-5;1-6-4-2-3-5-7-6;;;;/h5-18,20,25H,4,19H2,1-3H3;2-11,13,16H,12H2,1H3;4-6,8H,3,10H2,1-2H3;3-7H,1-2H3;2-4H,1H3;2-5H,1H3;1H4;3*1H2/b;;;4-3+;;;;;;/t20?,25-;;8-;;;;;;;/m0.0......./s1. The van der Waals surface area contributed by atoms with Gasteiger partial charge >= 0.3 is 0 Å². The smallest absolute Gasteiger partial charge is 0.212 e. The summed E-state index contributed by atoms with van der Waals surface area (Å²) in [5.74, 6) is 1.53. The van der Waals surface area contributed by atoms with E-state index in [1.54, 1.807) is 32.8 Å². The average molecular weight is 1210 g/mol. The summed E-state index contributed by atoms with van der Waals surface area (Å²) >= 11 is 3.28. The van der Waals surface area contributed by atoms with E-state index in [1.165, 1.54) is 27.8 Å². The van der Waals surface area contributed by atoms with Gasteiger partial charge < -0.3 is 37.0 Å². The highest BCUT2D eigenvalue weighted by Gasteiger charge is 2.25. The normalized spacial score (nSPS) is 11.3. The summed E-state index contributed by atoms with van der Waals surface area (Å²) < 4.78 is 11.3. The summed E-state index contributed by atoms with van der Waals surface area (Å²) in [7, 11) is 3.31. The Labute approximate surface area is 511 Å². The number of benzene rings is 5. The number of nitrogens with one attached hydrogen (secondary N) is 1. The van der Waals surface area contributed by atoms with Crippen LogP contribution in [0.1, 0.15) is 135 Å². The van der Waals surface area contributed by atoms with E-state index in [-0.39, 0.29) is 29.9 Å². The molecule has 4 aromatic heterocycles. The molecule has 4 heterocycles. The van der Waals surface area contributed by atoms with Gasteiger partial charge in [0.2, 0.25) is 5.88 Å². The Balaban J connectivity index is 0.00000104. The van der Waals surface area contributed by atoms with Crippen molar-refractivity contribution >= 4 is 22.0 Å². The van der Waals surface area contributed by atoms with Crippen LogP contribution in [0.15, 0.2) is 236 Å². The van der Waals surface area contributed by atoms with Crippen molar-refractivity contribution in [3.8, 4) is 11.6 Å². The molecule has 9 N–H and O–H groups in total. The highest BCUT2D eigenvalue weighted by molar-refractivity contribution is 9.10. The van der Waals surface area contributed by atoms with Gasteiger partial charge in [-0.25, -0.2) is 4.98 Å².